The van der Waals surface area contributed by atoms with Crippen LogP contribution >= 0.6 is 0 Å². The molecule has 1 unspecified atom stereocenters. The molecule has 2 aromatic rings. The Morgan fingerprint density at radius 1 is 1.17 bits per heavy atom. The van der Waals surface area contributed by atoms with Crippen molar-refractivity contribution in [2.45, 2.75) is 12.3 Å². The van der Waals surface area contributed by atoms with E-state index in [0.29, 0.717) is 18.2 Å². The summed E-state index contributed by atoms with van der Waals surface area (Å²) in [5, 5.41) is 9.79. The topological polar surface area (TPSA) is 33.4 Å². The van der Waals surface area contributed by atoms with Crippen LogP contribution in [0.15, 0.2) is 41.0 Å². The SMILES string of the molecule is OC(c1ccco1)c1cc(F)ccc1C(F)(F)F. The molecule has 0 fully saturated rings. The molecule has 1 heterocycles. The largest absolute Gasteiger partial charge is 0.466 e. The van der Waals surface area contributed by atoms with E-state index in [0.717, 1.165) is 0 Å². The molecule has 1 aromatic carbocycles. The summed E-state index contributed by atoms with van der Waals surface area (Å²) in [6.45, 7) is 0. The van der Waals surface area contributed by atoms with Crippen LogP contribution in [0.2, 0.25) is 0 Å². The summed E-state index contributed by atoms with van der Waals surface area (Å²) in [5.41, 5.74) is -1.66. The number of alkyl halides is 3. The molecular formula is C12H8F4O2. The Balaban J connectivity index is 2.52. The van der Waals surface area contributed by atoms with Gasteiger partial charge in [0, 0.05) is 5.56 Å². The highest BCUT2D eigenvalue weighted by molar-refractivity contribution is 5.35. The summed E-state index contributed by atoms with van der Waals surface area (Å²) in [5.74, 6) is -0.935. The Morgan fingerprint density at radius 2 is 1.89 bits per heavy atom. The van der Waals surface area contributed by atoms with Gasteiger partial charge in [-0.3, -0.25) is 0 Å². The van der Waals surface area contributed by atoms with Crippen LogP contribution in [0, 0.1) is 5.82 Å². The monoisotopic (exact) mass is 260 g/mol. The van der Waals surface area contributed by atoms with E-state index < -0.39 is 29.2 Å². The summed E-state index contributed by atoms with van der Waals surface area (Å²) >= 11 is 0. The predicted molar refractivity (Wildman–Crippen MR) is 54.2 cm³/mol. The molecule has 1 aromatic heterocycles. The highest BCUT2D eigenvalue weighted by atomic mass is 19.4. The lowest BCUT2D eigenvalue weighted by atomic mass is 10.00. The van der Waals surface area contributed by atoms with Crippen LogP contribution in [0.4, 0.5) is 17.6 Å². The lowest BCUT2D eigenvalue weighted by Gasteiger charge is -2.16. The highest BCUT2D eigenvalue weighted by Gasteiger charge is 2.36. The number of hydrogen-bond donors (Lipinski definition) is 1. The van der Waals surface area contributed by atoms with Crippen molar-refractivity contribution >= 4 is 0 Å². The van der Waals surface area contributed by atoms with Gasteiger partial charge in [0.05, 0.1) is 11.8 Å². The molecular weight excluding hydrogens is 252 g/mol. The third-order valence-electron chi connectivity index (χ3n) is 2.43. The first-order chi connectivity index (χ1) is 8.39. The Kier molecular flexibility index (Phi) is 3.13. The molecule has 0 spiro atoms. The van der Waals surface area contributed by atoms with Crippen LogP contribution in [0.1, 0.15) is 23.0 Å². The van der Waals surface area contributed by atoms with Crippen LogP contribution in [0.5, 0.6) is 0 Å². The minimum atomic E-state index is -4.67. The van der Waals surface area contributed by atoms with Gasteiger partial charge in [0.2, 0.25) is 0 Å². The molecule has 0 saturated carbocycles. The fourth-order valence-corrected chi connectivity index (χ4v) is 1.62. The Morgan fingerprint density at radius 3 is 2.44 bits per heavy atom. The van der Waals surface area contributed by atoms with Crippen molar-refractivity contribution in [3.8, 4) is 0 Å². The molecule has 0 radical (unpaired) electrons. The lowest BCUT2D eigenvalue weighted by Crippen LogP contribution is -2.13. The third kappa shape index (κ3) is 2.38. The van der Waals surface area contributed by atoms with E-state index in [-0.39, 0.29) is 5.76 Å². The van der Waals surface area contributed by atoms with E-state index in [9.17, 15) is 22.7 Å². The molecule has 0 bridgehead atoms. The van der Waals surface area contributed by atoms with Crippen LogP contribution in [0.25, 0.3) is 0 Å². The number of aliphatic hydroxyl groups excluding tert-OH is 1. The molecule has 1 atom stereocenters. The van der Waals surface area contributed by atoms with Crippen LogP contribution in [-0.2, 0) is 6.18 Å². The molecule has 0 aliphatic heterocycles. The molecule has 96 valence electrons. The van der Waals surface area contributed by atoms with E-state index >= 15 is 0 Å². The van der Waals surface area contributed by atoms with E-state index in [4.69, 9.17) is 4.42 Å². The second-order valence-electron chi connectivity index (χ2n) is 3.65. The highest BCUT2D eigenvalue weighted by Crippen LogP contribution is 2.36. The molecule has 0 aliphatic carbocycles. The average Bonchev–Trinajstić information content (AvgIpc) is 2.79. The number of halogens is 4. The maximum Gasteiger partial charge on any atom is 0.416 e. The number of furan rings is 1. The standard InChI is InChI=1S/C12H8F4O2/c13-7-3-4-9(12(14,15)16)8(6-7)11(17)10-2-1-5-18-10/h1-6,11,17H. The molecule has 0 saturated heterocycles. The molecule has 2 nitrogen and oxygen atoms in total. The van der Waals surface area contributed by atoms with Gasteiger partial charge in [-0.2, -0.15) is 13.2 Å². The first-order valence-corrected chi connectivity index (χ1v) is 4.97. The summed E-state index contributed by atoms with van der Waals surface area (Å²) < 4.78 is 56.0. The van der Waals surface area contributed by atoms with Crippen molar-refractivity contribution in [2.24, 2.45) is 0 Å². The smallest absolute Gasteiger partial charge is 0.416 e. The van der Waals surface area contributed by atoms with Crippen molar-refractivity contribution < 1.29 is 27.1 Å². The van der Waals surface area contributed by atoms with E-state index in [2.05, 4.69) is 0 Å². The minimum Gasteiger partial charge on any atom is -0.466 e. The van der Waals surface area contributed by atoms with Gasteiger partial charge < -0.3 is 9.52 Å². The summed E-state index contributed by atoms with van der Waals surface area (Å²) in [7, 11) is 0. The zero-order chi connectivity index (χ0) is 13.3. The van der Waals surface area contributed by atoms with Gasteiger partial charge in [-0.05, 0) is 30.3 Å². The van der Waals surface area contributed by atoms with Crippen LogP contribution < -0.4 is 0 Å². The lowest BCUT2D eigenvalue weighted by molar-refractivity contribution is -0.139. The van der Waals surface area contributed by atoms with Crippen molar-refractivity contribution in [2.75, 3.05) is 0 Å². The third-order valence-corrected chi connectivity index (χ3v) is 2.43. The zero-order valence-corrected chi connectivity index (χ0v) is 8.91. The minimum absolute atomic E-state index is 0.0777. The van der Waals surface area contributed by atoms with Gasteiger partial charge in [-0.25, -0.2) is 4.39 Å². The second-order valence-corrected chi connectivity index (χ2v) is 3.65. The molecule has 2 rings (SSSR count). The maximum absolute atomic E-state index is 13.0. The first-order valence-electron chi connectivity index (χ1n) is 4.97. The summed E-state index contributed by atoms with van der Waals surface area (Å²) in [4.78, 5) is 0. The summed E-state index contributed by atoms with van der Waals surface area (Å²) in [6, 6.07) is 4.68. The Labute approximate surface area is 99.5 Å². The fourth-order valence-electron chi connectivity index (χ4n) is 1.62. The van der Waals surface area contributed by atoms with Gasteiger partial charge in [0.15, 0.2) is 0 Å². The summed E-state index contributed by atoms with van der Waals surface area (Å²) in [6.07, 6.45) is -5.12. The molecule has 1 N–H and O–H groups in total. The van der Waals surface area contributed by atoms with E-state index in [1.54, 1.807) is 0 Å². The van der Waals surface area contributed by atoms with Crippen molar-refractivity contribution in [3.05, 3.63) is 59.3 Å². The maximum atomic E-state index is 13.0. The van der Waals surface area contributed by atoms with E-state index in [1.165, 1.54) is 18.4 Å². The fraction of sp³-hybridized carbons (Fsp3) is 0.167. The first kappa shape index (κ1) is 12.6. The molecule has 18 heavy (non-hydrogen) atoms. The predicted octanol–water partition coefficient (Wildman–Crippen LogP) is 3.52. The average molecular weight is 260 g/mol. The second kappa shape index (κ2) is 4.45. The molecule has 6 heteroatoms. The van der Waals surface area contributed by atoms with Crippen molar-refractivity contribution in [1.29, 1.82) is 0 Å². The van der Waals surface area contributed by atoms with Gasteiger partial charge >= 0.3 is 6.18 Å². The van der Waals surface area contributed by atoms with Crippen LogP contribution in [0.3, 0.4) is 0 Å². The Bertz CT molecular complexity index is 532. The van der Waals surface area contributed by atoms with Gasteiger partial charge in [-0.15, -0.1) is 0 Å². The quantitative estimate of drug-likeness (QED) is 0.838. The number of benzene rings is 1. The number of aliphatic hydroxyl groups is 1. The van der Waals surface area contributed by atoms with Crippen molar-refractivity contribution in [3.63, 3.8) is 0 Å². The zero-order valence-electron chi connectivity index (χ0n) is 8.91. The normalized spacial score (nSPS) is 13.6. The van der Waals surface area contributed by atoms with Crippen LogP contribution in [-0.4, -0.2) is 5.11 Å². The van der Waals surface area contributed by atoms with E-state index in [1.807, 2.05) is 0 Å². The van der Waals surface area contributed by atoms with Crippen molar-refractivity contribution in [1.82, 2.24) is 0 Å². The molecule has 0 aliphatic rings. The van der Waals surface area contributed by atoms with Gasteiger partial charge in [0.1, 0.15) is 17.7 Å². The molecule has 0 amide bonds. The number of rotatable bonds is 2. The number of hydrogen-bond acceptors (Lipinski definition) is 2. The van der Waals surface area contributed by atoms with Gasteiger partial charge in [0.25, 0.3) is 0 Å². The Hall–Kier alpha value is -1.82. The van der Waals surface area contributed by atoms with Gasteiger partial charge in [-0.1, -0.05) is 0 Å².